The van der Waals surface area contributed by atoms with Gasteiger partial charge in [0, 0.05) is 16.3 Å². The Bertz CT molecular complexity index is 577. The highest BCUT2D eigenvalue weighted by molar-refractivity contribution is 7.99. The third kappa shape index (κ3) is 5.32. The largest absolute Gasteiger partial charge is 0.411 e. The monoisotopic (exact) mass is 328 g/mol. The third-order valence-electron chi connectivity index (χ3n) is 2.50. The molecule has 1 N–H and O–H groups in total. The zero-order valence-corrected chi connectivity index (χ0v) is 13.4. The van der Waals surface area contributed by atoms with Crippen LogP contribution in [0.4, 0.5) is 0 Å². The van der Waals surface area contributed by atoms with Crippen LogP contribution in [0.25, 0.3) is 11.5 Å². The highest BCUT2D eigenvalue weighted by Gasteiger charge is 2.12. The Balaban J connectivity index is 1.89. The average molecular weight is 329 g/mol. The summed E-state index contributed by atoms with van der Waals surface area (Å²) in [7, 11) is 0. The minimum absolute atomic E-state index is 0.0995. The van der Waals surface area contributed by atoms with Gasteiger partial charge >= 0.3 is 0 Å². The Hall–Kier alpha value is -1.08. The Labute approximate surface area is 132 Å². The van der Waals surface area contributed by atoms with E-state index in [1.165, 1.54) is 11.8 Å². The summed E-state index contributed by atoms with van der Waals surface area (Å²) >= 11 is 7.22. The molecule has 2 rings (SSSR count). The number of halogens is 1. The second-order valence-corrected chi connectivity index (χ2v) is 6.14. The highest BCUT2D eigenvalue weighted by atomic mass is 35.5. The van der Waals surface area contributed by atoms with Crippen LogP contribution in [0.15, 0.2) is 33.9 Å². The van der Waals surface area contributed by atoms with Crippen molar-refractivity contribution >= 4 is 23.4 Å². The van der Waals surface area contributed by atoms with Crippen LogP contribution in [0.2, 0.25) is 5.02 Å². The summed E-state index contributed by atoms with van der Waals surface area (Å²) in [6.45, 7) is 4.14. The van der Waals surface area contributed by atoms with E-state index in [0.717, 1.165) is 5.56 Å². The number of aliphatic hydroxyl groups is 1. The minimum atomic E-state index is -0.570. The van der Waals surface area contributed by atoms with Crippen molar-refractivity contribution in [2.75, 3.05) is 12.4 Å². The number of aliphatic hydroxyl groups excluding tert-OH is 1. The zero-order valence-electron chi connectivity index (χ0n) is 11.8. The Kier molecular flexibility index (Phi) is 6.05. The average Bonchev–Trinajstić information content (AvgIpc) is 2.92. The van der Waals surface area contributed by atoms with Crippen molar-refractivity contribution in [3.05, 3.63) is 29.3 Å². The van der Waals surface area contributed by atoms with E-state index in [1.54, 1.807) is 12.1 Å². The van der Waals surface area contributed by atoms with Gasteiger partial charge in [-0.25, -0.2) is 0 Å². The van der Waals surface area contributed by atoms with Crippen molar-refractivity contribution < 1.29 is 14.3 Å². The van der Waals surface area contributed by atoms with Gasteiger partial charge in [-0.3, -0.25) is 0 Å². The van der Waals surface area contributed by atoms with Gasteiger partial charge in [-0.1, -0.05) is 29.4 Å². The first-order valence-electron chi connectivity index (χ1n) is 6.56. The number of benzene rings is 1. The Morgan fingerprint density at radius 2 is 2.19 bits per heavy atom. The summed E-state index contributed by atoms with van der Waals surface area (Å²) in [5.41, 5.74) is 0.769. The van der Waals surface area contributed by atoms with Crippen molar-refractivity contribution in [3.8, 4) is 11.5 Å². The molecule has 0 saturated carbocycles. The standard InChI is InChI=1S/C14H17ClN2O3S/c1-9(2)19-7-12(18)8-21-14-17-16-13(20-14)10-4-3-5-11(15)6-10/h3-6,9,12,18H,7-8H2,1-2H3. The number of rotatable bonds is 7. The molecule has 114 valence electrons. The molecular formula is C14H17ClN2O3S. The van der Waals surface area contributed by atoms with Gasteiger partial charge in [-0.2, -0.15) is 0 Å². The lowest BCUT2D eigenvalue weighted by atomic mass is 10.2. The number of nitrogens with zero attached hydrogens (tertiary/aromatic N) is 2. The van der Waals surface area contributed by atoms with E-state index < -0.39 is 6.10 Å². The molecule has 2 aromatic rings. The Morgan fingerprint density at radius 1 is 1.38 bits per heavy atom. The lowest BCUT2D eigenvalue weighted by Gasteiger charge is -2.11. The SMILES string of the molecule is CC(C)OCC(O)CSc1nnc(-c2cccc(Cl)c2)o1. The molecular weight excluding hydrogens is 312 g/mol. The fourth-order valence-corrected chi connectivity index (χ4v) is 2.38. The van der Waals surface area contributed by atoms with E-state index in [0.29, 0.717) is 28.5 Å². The Morgan fingerprint density at radius 3 is 2.90 bits per heavy atom. The molecule has 0 aliphatic rings. The number of thioether (sulfide) groups is 1. The highest BCUT2D eigenvalue weighted by Crippen LogP contribution is 2.25. The number of aromatic nitrogens is 2. The van der Waals surface area contributed by atoms with Crippen molar-refractivity contribution in [2.45, 2.75) is 31.3 Å². The van der Waals surface area contributed by atoms with Gasteiger partial charge in [0.05, 0.1) is 18.8 Å². The van der Waals surface area contributed by atoms with Crippen LogP contribution in [0.3, 0.4) is 0 Å². The van der Waals surface area contributed by atoms with Gasteiger partial charge < -0.3 is 14.3 Å². The van der Waals surface area contributed by atoms with Gasteiger partial charge in [0.25, 0.3) is 5.22 Å². The second-order valence-electron chi connectivity index (χ2n) is 4.73. The number of hydrogen-bond donors (Lipinski definition) is 1. The van der Waals surface area contributed by atoms with E-state index in [2.05, 4.69) is 10.2 Å². The molecule has 7 heteroatoms. The molecule has 0 aliphatic heterocycles. The molecule has 0 fully saturated rings. The first-order valence-corrected chi connectivity index (χ1v) is 7.93. The van der Waals surface area contributed by atoms with Gasteiger partial charge in [-0.05, 0) is 32.0 Å². The quantitative estimate of drug-likeness (QED) is 0.787. The smallest absolute Gasteiger partial charge is 0.276 e. The lowest BCUT2D eigenvalue weighted by Crippen LogP contribution is -2.20. The minimum Gasteiger partial charge on any atom is -0.411 e. The van der Waals surface area contributed by atoms with Crippen molar-refractivity contribution in [3.63, 3.8) is 0 Å². The number of ether oxygens (including phenoxy) is 1. The molecule has 1 heterocycles. The molecule has 0 radical (unpaired) electrons. The van der Waals surface area contributed by atoms with Gasteiger partial charge in [0.2, 0.25) is 5.89 Å². The maximum atomic E-state index is 9.77. The van der Waals surface area contributed by atoms with Crippen LogP contribution in [0.5, 0.6) is 0 Å². The maximum absolute atomic E-state index is 9.77. The normalized spacial score (nSPS) is 12.8. The molecule has 0 spiro atoms. The van der Waals surface area contributed by atoms with Crippen molar-refractivity contribution in [1.29, 1.82) is 0 Å². The van der Waals surface area contributed by atoms with Crippen LogP contribution in [0.1, 0.15) is 13.8 Å². The topological polar surface area (TPSA) is 68.4 Å². The molecule has 1 unspecified atom stereocenters. The molecule has 0 aliphatic carbocycles. The molecule has 1 aromatic heterocycles. The van der Waals surface area contributed by atoms with E-state index >= 15 is 0 Å². The summed E-state index contributed by atoms with van der Waals surface area (Å²) < 4.78 is 10.9. The predicted octanol–water partition coefficient (Wildman–Crippen LogP) is 3.27. The predicted molar refractivity (Wildman–Crippen MR) is 82.6 cm³/mol. The maximum Gasteiger partial charge on any atom is 0.276 e. The first-order chi connectivity index (χ1) is 10.0. The molecule has 5 nitrogen and oxygen atoms in total. The molecule has 21 heavy (non-hydrogen) atoms. The van der Waals surface area contributed by atoms with E-state index in [-0.39, 0.29) is 6.10 Å². The van der Waals surface area contributed by atoms with Gasteiger partial charge in [0.15, 0.2) is 0 Å². The van der Waals surface area contributed by atoms with E-state index in [4.69, 9.17) is 20.8 Å². The summed E-state index contributed by atoms with van der Waals surface area (Å²) in [6, 6.07) is 7.21. The summed E-state index contributed by atoms with van der Waals surface area (Å²) in [5.74, 6) is 0.845. The summed E-state index contributed by atoms with van der Waals surface area (Å²) in [4.78, 5) is 0. The summed E-state index contributed by atoms with van der Waals surface area (Å²) in [6.07, 6.45) is -0.471. The fraction of sp³-hybridized carbons (Fsp3) is 0.429. The second kappa shape index (κ2) is 7.79. The molecule has 0 saturated heterocycles. The van der Waals surface area contributed by atoms with E-state index in [9.17, 15) is 5.11 Å². The van der Waals surface area contributed by atoms with Crippen molar-refractivity contribution in [1.82, 2.24) is 10.2 Å². The van der Waals surface area contributed by atoms with Gasteiger partial charge in [-0.15, -0.1) is 10.2 Å². The zero-order chi connectivity index (χ0) is 15.2. The van der Waals surface area contributed by atoms with E-state index in [1.807, 2.05) is 26.0 Å². The first kappa shape index (κ1) is 16.3. The molecule has 1 aromatic carbocycles. The molecule has 1 atom stereocenters. The van der Waals surface area contributed by atoms with Crippen LogP contribution in [0, 0.1) is 0 Å². The van der Waals surface area contributed by atoms with Crippen LogP contribution < -0.4 is 0 Å². The summed E-state index contributed by atoms with van der Waals surface area (Å²) in [5, 5.41) is 18.7. The molecule has 0 amide bonds. The number of hydrogen-bond acceptors (Lipinski definition) is 6. The third-order valence-corrected chi connectivity index (χ3v) is 3.70. The van der Waals surface area contributed by atoms with Crippen molar-refractivity contribution in [2.24, 2.45) is 0 Å². The van der Waals surface area contributed by atoms with Crippen LogP contribution in [-0.2, 0) is 4.74 Å². The molecule has 0 bridgehead atoms. The lowest BCUT2D eigenvalue weighted by molar-refractivity contribution is 0.0152. The van der Waals surface area contributed by atoms with Crippen LogP contribution >= 0.6 is 23.4 Å². The van der Waals surface area contributed by atoms with Gasteiger partial charge in [0.1, 0.15) is 0 Å². The fourth-order valence-electron chi connectivity index (χ4n) is 1.53. The van der Waals surface area contributed by atoms with Crippen LogP contribution in [-0.4, -0.2) is 39.9 Å².